The molecule has 1 heterocycles. The molecule has 0 N–H and O–H groups in total. The molecule has 0 aromatic heterocycles. The van der Waals surface area contributed by atoms with E-state index in [0.29, 0.717) is 12.0 Å². The molecule has 0 radical (unpaired) electrons. The van der Waals surface area contributed by atoms with Crippen LogP contribution in [0.1, 0.15) is 34.1 Å². The highest BCUT2D eigenvalue weighted by molar-refractivity contribution is 6.15. The molecule has 7 heteroatoms. The molecule has 2 amide bonds. The number of methoxy groups -OCH3 is 2. The van der Waals surface area contributed by atoms with Crippen molar-refractivity contribution in [1.82, 2.24) is 4.90 Å². The van der Waals surface area contributed by atoms with Crippen LogP contribution in [0.25, 0.3) is 0 Å². The van der Waals surface area contributed by atoms with Crippen LogP contribution in [0.2, 0.25) is 0 Å². The van der Waals surface area contributed by atoms with Gasteiger partial charge in [-0.15, -0.1) is 0 Å². The lowest BCUT2D eigenvalue weighted by molar-refractivity contribution is -0.520. The van der Waals surface area contributed by atoms with Crippen LogP contribution in [0, 0.1) is 0 Å². The molecule has 0 fully saturated rings. The number of ether oxygens (including phenoxy) is 2. The van der Waals surface area contributed by atoms with Crippen molar-refractivity contribution in [2.75, 3.05) is 20.8 Å². The molecule has 7 nitrogen and oxygen atoms in total. The van der Waals surface area contributed by atoms with Gasteiger partial charge in [0, 0.05) is 25.9 Å². The molecule has 120 valence electrons. The third-order valence-electron chi connectivity index (χ3n) is 3.41. The summed E-state index contributed by atoms with van der Waals surface area (Å²) >= 11 is 0. The smallest absolute Gasteiger partial charge is 0.328 e. The van der Waals surface area contributed by atoms with Crippen molar-refractivity contribution in [3.63, 3.8) is 0 Å². The fraction of sp³-hybridized carbons (Fsp3) is 0.714. The summed E-state index contributed by atoms with van der Waals surface area (Å²) in [6.45, 7) is 6.94. The molecule has 0 bridgehead atoms. The van der Waals surface area contributed by atoms with Crippen molar-refractivity contribution in [1.29, 1.82) is 0 Å². The first-order valence-corrected chi connectivity index (χ1v) is 6.71. The molecule has 0 saturated heterocycles. The fourth-order valence-corrected chi connectivity index (χ4v) is 1.52. The monoisotopic (exact) mass is 301 g/mol. The van der Waals surface area contributed by atoms with Crippen LogP contribution < -0.4 is 0 Å². The van der Waals surface area contributed by atoms with E-state index in [1.165, 1.54) is 20.3 Å². The number of nitrogens with zero attached hydrogens (tertiary/aromatic N) is 1. The van der Waals surface area contributed by atoms with E-state index in [2.05, 4.69) is 0 Å². The molecular weight excluding hydrogens is 278 g/mol. The molecule has 0 aromatic carbocycles. The van der Waals surface area contributed by atoms with Gasteiger partial charge < -0.3 is 9.47 Å². The van der Waals surface area contributed by atoms with E-state index in [4.69, 9.17) is 19.2 Å². The molecule has 0 unspecified atom stereocenters. The zero-order valence-electron chi connectivity index (χ0n) is 13.4. The minimum Gasteiger partial charge on any atom is -0.328 e. The summed E-state index contributed by atoms with van der Waals surface area (Å²) in [5.41, 5.74) is -0.203. The summed E-state index contributed by atoms with van der Waals surface area (Å²) in [4.78, 5) is 35.3. The Labute approximate surface area is 124 Å². The van der Waals surface area contributed by atoms with Gasteiger partial charge in [0.2, 0.25) is 0 Å². The van der Waals surface area contributed by atoms with Gasteiger partial charge in [0.05, 0.1) is 5.60 Å². The van der Waals surface area contributed by atoms with E-state index in [1.54, 1.807) is 6.92 Å². The molecule has 1 rings (SSSR count). The Morgan fingerprint density at radius 3 is 2.10 bits per heavy atom. The highest BCUT2D eigenvalue weighted by Crippen LogP contribution is 2.24. The lowest BCUT2D eigenvalue weighted by Crippen LogP contribution is -2.51. The Bertz CT molecular complexity index is 439. The normalized spacial score (nSPS) is 16.7. The third-order valence-corrected chi connectivity index (χ3v) is 3.41. The second kappa shape index (κ2) is 6.65. The van der Waals surface area contributed by atoms with Crippen molar-refractivity contribution in [3.05, 3.63) is 11.6 Å². The highest BCUT2D eigenvalue weighted by atomic mass is 17.3. The number of hydrogen-bond donors (Lipinski definition) is 0. The Balaban J connectivity index is 2.82. The maximum atomic E-state index is 11.9. The highest BCUT2D eigenvalue weighted by Gasteiger charge is 2.42. The van der Waals surface area contributed by atoms with Gasteiger partial charge in [-0.3, -0.25) is 14.5 Å². The number of imide groups is 1. The number of carbonyl (C=O) groups is 2. The summed E-state index contributed by atoms with van der Waals surface area (Å²) in [5.74, 6) is -2.51. The quantitative estimate of drug-likeness (QED) is 0.292. The second-order valence-corrected chi connectivity index (χ2v) is 5.43. The van der Waals surface area contributed by atoms with Gasteiger partial charge in [-0.25, -0.2) is 4.89 Å². The summed E-state index contributed by atoms with van der Waals surface area (Å²) < 4.78 is 10.4. The number of amides is 2. The van der Waals surface area contributed by atoms with Crippen molar-refractivity contribution in [2.45, 2.75) is 45.7 Å². The van der Waals surface area contributed by atoms with Crippen LogP contribution >= 0.6 is 0 Å². The number of hydrogen-bond acceptors (Lipinski definition) is 6. The summed E-state index contributed by atoms with van der Waals surface area (Å²) in [6.07, 6.45) is 1.95. The lowest BCUT2D eigenvalue weighted by atomic mass is 10.1. The Hall–Kier alpha value is -1.28. The van der Waals surface area contributed by atoms with Gasteiger partial charge in [0.1, 0.15) is 6.54 Å². The average molecular weight is 301 g/mol. The van der Waals surface area contributed by atoms with Gasteiger partial charge in [0.25, 0.3) is 11.8 Å². The van der Waals surface area contributed by atoms with Gasteiger partial charge in [-0.2, -0.15) is 4.89 Å². The first kappa shape index (κ1) is 17.8. The van der Waals surface area contributed by atoms with Crippen molar-refractivity contribution in [3.8, 4) is 0 Å². The van der Waals surface area contributed by atoms with Crippen molar-refractivity contribution in [2.24, 2.45) is 0 Å². The minimum atomic E-state index is -1.67. The first-order valence-electron chi connectivity index (χ1n) is 6.71. The van der Waals surface area contributed by atoms with Crippen LogP contribution in [-0.4, -0.2) is 49.1 Å². The van der Waals surface area contributed by atoms with Crippen LogP contribution in [0.5, 0.6) is 0 Å². The number of carbonyl (C=O) groups excluding carboxylic acids is 2. The molecule has 21 heavy (non-hydrogen) atoms. The molecular formula is C14H23NO6. The van der Waals surface area contributed by atoms with E-state index in [0.717, 1.165) is 4.90 Å². The van der Waals surface area contributed by atoms with Gasteiger partial charge >= 0.3 is 5.97 Å². The molecule has 0 aromatic rings. The summed E-state index contributed by atoms with van der Waals surface area (Å²) in [7, 11) is 2.69. The van der Waals surface area contributed by atoms with Crippen molar-refractivity contribution >= 4 is 11.8 Å². The lowest BCUT2D eigenvalue weighted by Gasteiger charge is -2.34. The fourth-order valence-electron chi connectivity index (χ4n) is 1.52. The molecule has 1 aliphatic rings. The van der Waals surface area contributed by atoms with Crippen LogP contribution in [0.15, 0.2) is 11.6 Å². The van der Waals surface area contributed by atoms with E-state index >= 15 is 0 Å². The average Bonchev–Trinajstić information content (AvgIpc) is 2.69. The molecule has 0 atom stereocenters. The van der Waals surface area contributed by atoms with Gasteiger partial charge in [0.15, 0.2) is 0 Å². The Morgan fingerprint density at radius 2 is 1.71 bits per heavy atom. The maximum absolute atomic E-state index is 11.9. The van der Waals surface area contributed by atoms with Crippen LogP contribution in [-0.2, 0) is 28.8 Å². The summed E-state index contributed by atoms with van der Waals surface area (Å²) in [5, 5.41) is 0. The third kappa shape index (κ3) is 4.10. The Morgan fingerprint density at radius 1 is 1.14 bits per heavy atom. The van der Waals surface area contributed by atoms with Crippen LogP contribution in [0.3, 0.4) is 0 Å². The van der Waals surface area contributed by atoms with Crippen LogP contribution in [0.4, 0.5) is 0 Å². The molecule has 0 aliphatic carbocycles. The molecule has 0 spiro atoms. The first-order chi connectivity index (χ1) is 9.70. The standard InChI is InChI=1S/C14H23NO6/c1-7-13(3,4)20-21-14(18-5,19-6)9-15-11(16)8-10(2)12(15)17/h8H,7,9H2,1-6H3. The topological polar surface area (TPSA) is 74.3 Å². The predicted molar refractivity (Wildman–Crippen MR) is 73.8 cm³/mol. The maximum Gasteiger partial charge on any atom is 0.330 e. The van der Waals surface area contributed by atoms with E-state index in [1.807, 2.05) is 20.8 Å². The van der Waals surface area contributed by atoms with Crippen molar-refractivity contribution < 1.29 is 28.8 Å². The zero-order valence-corrected chi connectivity index (χ0v) is 13.4. The zero-order chi connectivity index (χ0) is 16.3. The second-order valence-electron chi connectivity index (χ2n) is 5.43. The summed E-state index contributed by atoms with van der Waals surface area (Å²) in [6, 6.07) is 0. The van der Waals surface area contributed by atoms with Gasteiger partial charge in [-0.05, 0) is 27.2 Å². The van der Waals surface area contributed by atoms with E-state index in [-0.39, 0.29) is 6.54 Å². The largest absolute Gasteiger partial charge is 0.330 e. The molecule has 0 saturated carbocycles. The SMILES string of the molecule is CCC(C)(C)OOC(CN1C(=O)C=C(C)C1=O)(OC)OC. The number of rotatable bonds is 8. The molecule has 1 aliphatic heterocycles. The Kier molecular flexibility index (Phi) is 5.63. The minimum absolute atomic E-state index is 0.231. The predicted octanol–water partition coefficient (Wildman–Crippen LogP) is 1.38. The van der Waals surface area contributed by atoms with E-state index in [9.17, 15) is 9.59 Å². The van der Waals surface area contributed by atoms with Gasteiger partial charge in [-0.1, -0.05) is 6.92 Å². The van der Waals surface area contributed by atoms with E-state index < -0.39 is 23.4 Å².